The molecule has 4 atom stereocenters. The van der Waals surface area contributed by atoms with Crippen molar-refractivity contribution in [3.05, 3.63) is 12.2 Å². The Labute approximate surface area is 78.0 Å². The second-order valence-electron chi connectivity index (χ2n) is 3.74. The van der Waals surface area contributed by atoms with Crippen LogP contribution in [-0.2, 0) is 0 Å². The quantitative estimate of drug-likeness (QED) is 0.475. The molecule has 2 bridgehead atoms. The first-order valence-electron chi connectivity index (χ1n) is 4.50. The van der Waals surface area contributed by atoms with Gasteiger partial charge in [0.25, 0.3) is 0 Å². The molecule has 1 saturated carbocycles. The van der Waals surface area contributed by atoms with Gasteiger partial charge in [-0.05, 0) is 30.6 Å². The van der Waals surface area contributed by atoms with Crippen LogP contribution >= 0.6 is 11.6 Å². The monoisotopic (exact) mass is 181 g/mol. The third kappa shape index (κ3) is 1.06. The van der Waals surface area contributed by atoms with E-state index in [1.54, 1.807) is 0 Å². The first kappa shape index (κ1) is 8.13. The number of halogens is 1. The van der Waals surface area contributed by atoms with Crippen LogP contribution in [0.25, 0.3) is 0 Å². The Morgan fingerprint density at radius 2 is 2.17 bits per heavy atom. The minimum atomic E-state index is 0.249. The fourth-order valence-corrected chi connectivity index (χ4v) is 2.89. The van der Waals surface area contributed by atoms with Gasteiger partial charge < -0.3 is 0 Å². The van der Waals surface area contributed by atoms with E-state index < -0.39 is 0 Å². The zero-order valence-corrected chi connectivity index (χ0v) is 7.67. The van der Waals surface area contributed by atoms with Gasteiger partial charge in [0, 0.05) is 5.88 Å². The lowest BCUT2D eigenvalue weighted by Crippen LogP contribution is -2.18. The highest BCUT2D eigenvalue weighted by Crippen LogP contribution is 2.48. The lowest BCUT2D eigenvalue weighted by Gasteiger charge is -2.21. The predicted octanol–water partition coefficient (Wildman–Crippen LogP) is 2.58. The van der Waals surface area contributed by atoms with Crippen LogP contribution in [0, 0.1) is 35.0 Å². The summed E-state index contributed by atoms with van der Waals surface area (Å²) in [7, 11) is 0. The number of nitriles is 1. The summed E-state index contributed by atoms with van der Waals surface area (Å²) in [6.07, 6.45) is 6.68. The van der Waals surface area contributed by atoms with Crippen molar-refractivity contribution in [1.82, 2.24) is 0 Å². The van der Waals surface area contributed by atoms with E-state index in [0.29, 0.717) is 23.6 Å². The summed E-state index contributed by atoms with van der Waals surface area (Å²) < 4.78 is 0. The second kappa shape index (κ2) is 3.11. The van der Waals surface area contributed by atoms with E-state index in [0.717, 1.165) is 6.42 Å². The van der Waals surface area contributed by atoms with Gasteiger partial charge in [-0.15, -0.1) is 11.6 Å². The molecule has 2 aliphatic rings. The van der Waals surface area contributed by atoms with Crippen LogP contribution in [0.3, 0.4) is 0 Å². The largest absolute Gasteiger partial charge is 0.198 e. The first-order valence-corrected chi connectivity index (χ1v) is 5.04. The van der Waals surface area contributed by atoms with E-state index in [1.807, 2.05) is 0 Å². The van der Waals surface area contributed by atoms with Crippen molar-refractivity contribution in [2.45, 2.75) is 12.8 Å². The van der Waals surface area contributed by atoms with E-state index in [4.69, 9.17) is 16.9 Å². The van der Waals surface area contributed by atoms with Crippen molar-refractivity contribution in [2.75, 3.05) is 5.88 Å². The molecule has 2 rings (SSSR count). The van der Waals surface area contributed by atoms with Crippen LogP contribution in [0.4, 0.5) is 0 Å². The van der Waals surface area contributed by atoms with Crippen LogP contribution in [-0.4, -0.2) is 5.88 Å². The molecule has 1 fully saturated rings. The molecule has 0 saturated heterocycles. The summed E-state index contributed by atoms with van der Waals surface area (Å²) in [6, 6.07) is 2.42. The molecule has 0 amide bonds. The average molecular weight is 182 g/mol. The molecule has 0 N–H and O–H groups in total. The molecule has 1 nitrogen and oxygen atoms in total. The lowest BCUT2D eigenvalue weighted by atomic mass is 9.82. The molecule has 0 heterocycles. The van der Waals surface area contributed by atoms with Gasteiger partial charge in [-0.2, -0.15) is 5.26 Å². The molecule has 4 unspecified atom stereocenters. The lowest BCUT2D eigenvalue weighted by molar-refractivity contribution is 0.367. The number of rotatable bonds is 2. The van der Waals surface area contributed by atoms with Crippen LogP contribution in [0.1, 0.15) is 12.8 Å². The molecule has 0 aromatic heterocycles. The normalized spacial score (nSPS) is 43.3. The van der Waals surface area contributed by atoms with Gasteiger partial charge in [0.2, 0.25) is 0 Å². The zero-order valence-electron chi connectivity index (χ0n) is 6.91. The average Bonchev–Trinajstić information content (AvgIpc) is 2.64. The van der Waals surface area contributed by atoms with E-state index >= 15 is 0 Å². The third-order valence-corrected chi connectivity index (χ3v) is 3.43. The molecule has 2 heteroatoms. The summed E-state index contributed by atoms with van der Waals surface area (Å²) in [4.78, 5) is 0. The minimum absolute atomic E-state index is 0.249. The number of hydrogen-bond acceptors (Lipinski definition) is 1. The maximum Gasteiger partial charge on any atom is 0.0665 e. The summed E-state index contributed by atoms with van der Waals surface area (Å²) in [5.74, 6) is 2.67. The number of hydrogen-bond donors (Lipinski definition) is 0. The van der Waals surface area contributed by atoms with Gasteiger partial charge in [0.15, 0.2) is 0 Å². The molecule has 0 aromatic carbocycles. The Bertz CT molecular complexity index is 241. The van der Waals surface area contributed by atoms with Crippen molar-refractivity contribution in [1.29, 1.82) is 5.26 Å². The fraction of sp³-hybridized carbons (Fsp3) is 0.700. The Kier molecular flexibility index (Phi) is 2.11. The highest BCUT2D eigenvalue weighted by Gasteiger charge is 2.43. The summed E-state index contributed by atoms with van der Waals surface area (Å²) >= 11 is 5.71. The minimum Gasteiger partial charge on any atom is -0.198 e. The van der Waals surface area contributed by atoms with Crippen molar-refractivity contribution in [3.63, 3.8) is 0 Å². The maximum absolute atomic E-state index is 8.96. The van der Waals surface area contributed by atoms with Crippen LogP contribution in [0.2, 0.25) is 0 Å². The van der Waals surface area contributed by atoms with Gasteiger partial charge in [-0.1, -0.05) is 12.2 Å². The number of nitrogens with zero attached hydrogens (tertiary/aromatic N) is 1. The van der Waals surface area contributed by atoms with E-state index in [9.17, 15) is 0 Å². The molecular weight excluding hydrogens is 170 g/mol. The van der Waals surface area contributed by atoms with Crippen LogP contribution in [0.15, 0.2) is 12.2 Å². The van der Waals surface area contributed by atoms with Crippen LogP contribution < -0.4 is 0 Å². The fourth-order valence-electron chi connectivity index (χ4n) is 2.64. The summed E-state index contributed by atoms with van der Waals surface area (Å²) in [6.45, 7) is 0. The third-order valence-electron chi connectivity index (χ3n) is 3.21. The van der Waals surface area contributed by atoms with Crippen molar-refractivity contribution < 1.29 is 0 Å². The van der Waals surface area contributed by atoms with Gasteiger partial charge in [0.05, 0.1) is 12.0 Å². The van der Waals surface area contributed by atoms with Crippen molar-refractivity contribution in [2.24, 2.45) is 23.7 Å². The molecule has 0 aliphatic heterocycles. The second-order valence-corrected chi connectivity index (χ2v) is 4.12. The standard InChI is InChI=1S/C10H12ClN/c11-4-3-9-7-1-2-8(5-7)10(9)6-12/h1-2,7-10H,3-5H2. The predicted molar refractivity (Wildman–Crippen MR) is 48.7 cm³/mol. The Morgan fingerprint density at radius 3 is 2.83 bits per heavy atom. The van der Waals surface area contributed by atoms with Crippen molar-refractivity contribution >= 4 is 11.6 Å². The van der Waals surface area contributed by atoms with E-state index in [2.05, 4.69) is 18.2 Å². The van der Waals surface area contributed by atoms with Gasteiger partial charge in [-0.25, -0.2) is 0 Å². The smallest absolute Gasteiger partial charge is 0.0665 e. The highest BCUT2D eigenvalue weighted by atomic mass is 35.5. The van der Waals surface area contributed by atoms with E-state index in [-0.39, 0.29) is 5.92 Å². The molecular formula is C10H12ClN. The number of alkyl halides is 1. The van der Waals surface area contributed by atoms with Gasteiger partial charge in [-0.3, -0.25) is 0 Å². The van der Waals surface area contributed by atoms with Crippen LogP contribution in [0.5, 0.6) is 0 Å². The Hall–Kier alpha value is -0.480. The molecule has 0 spiro atoms. The maximum atomic E-state index is 8.96. The summed E-state index contributed by atoms with van der Waals surface area (Å²) in [5.41, 5.74) is 0. The first-order chi connectivity index (χ1) is 5.86. The topological polar surface area (TPSA) is 23.8 Å². The number of allylic oxidation sites excluding steroid dienone is 2. The van der Waals surface area contributed by atoms with E-state index in [1.165, 1.54) is 6.42 Å². The molecule has 64 valence electrons. The van der Waals surface area contributed by atoms with Gasteiger partial charge >= 0.3 is 0 Å². The Morgan fingerprint density at radius 1 is 1.42 bits per heavy atom. The zero-order chi connectivity index (χ0) is 8.55. The molecule has 2 aliphatic carbocycles. The number of fused-ring (bicyclic) bond motifs is 2. The highest BCUT2D eigenvalue weighted by molar-refractivity contribution is 6.17. The van der Waals surface area contributed by atoms with Gasteiger partial charge in [0.1, 0.15) is 0 Å². The van der Waals surface area contributed by atoms with Crippen molar-refractivity contribution in [3.8, 4) is 6.07 Å². The molecule has 0 aromatic rings. The molecule has 12 heavy (non-hydrogen) atoms. The SMILES string of the molecule is N#CC1C2C=CC(C2)C1CCCl. The Balaban J connectivity index is 2.13. The molecule has 0 radical (unpaired) electrons. The summed E-state index contributed by atoms with van der Waals surface area (Å²) in [5, 5.41) is 8.96.